The molecular weight excluding hydrogens is 206 g/mol. The van der Waals surface area contributed by atoms with Crippen molar-refractivity contribution < 1.29 is 8.78 Å². The molecule has 0 saturated heterocycles. The summed E-state index contributed by atoms with van der Waals surface area (Å²) in [7, 11) is 0. The quantitative estimate of drug-likeness (QED) is 0.804. The van der Waals surface area contributed by atoms with E-state index in [0.717, 1.165) is 10.7 Å². The molecule has 0 amide bonds. The summed E-state index contributed by atoms with van der Waals surface area (Å²) in [4.78, 5) is 18.7. The van der Waals surface area contributed by atoms with E-state index in [1.807, 2.05) is 0 Å². The van der Waals surface area contributed by atoms with Gasteiger partial charge in [-0.15, -0.1) is 0 Å². The second kappa shape index (κ2) is 3.60. The van der Waals surface area contributed by atoms with Crippen LogP contribution < -0.4 is 5.56 Å². The molecule has 0 bridgehead atoms. The maximum absolute atomic E-state index is 12.3. The second-order valence-corrected chi connectivity index (χ2v) is 2.75. The Balaban J connectivity index is 2.50. The number of rotatable bonds is 2. The number of H-pyrrole nitrogens is 1. The van der Waals surface area contributed by atoms with Crippen LogP contribution in [0.3, 0.4) is 0 Å². The smallest absolute Gasteiger partial charge is 0.279 e. The summed E-state index contributed by atoms with van der Waals surface area (Å²) in [6.07, 6.45) is -0.0664. The third kappa shape index (κ3) is 1.76. The molecule has 1 N–H and O–H groups in total. The Morgan fingerprint density at radius 1 is 1.47 bits per heavy atom. The van der Waals surface area contributed by atoms with Crippen molar-refractivity contribution in [2.24, 2.45) is 0 Å². The number of alkyl halides is 2. The summed E-state index contributed by atoms with van der Waals surface area (Å²) in [6.45, 7) is 0. The number of hydrogen-bond acceptors (Lipinski definition) is 3. The Morgan fingerprint density at radius 3 is 2.80 bits per heavy atom. The predicted octanol–water partition coefficient (Wildman–Crippen LogP) is 0.893. The van der Waals surface area contributed by atoms with Gasteiger partial charge < -0.3 is 0 Å². The number of aromatic nitrogens is 4. The van der Waals surface area contributed by atoms with E-state index < -0.39 is 17.7 Å². The zero-order valence-corrected chi connectivity index (χ0v) is 7.39. The molecule has 0 atom stereocenters. The fourth-order valence-corrected chi connectivity index (χ4v) is 1.11. The molecule has 0 saturated carbocycles. The van der Waals surface area contributed by atoms with E-state index in [4.69, 9.17) is 0 Å². The first-order chi connectivity index (χ1) is 7.18. The van der Waals surface area contributed by atoms with E-state index in [1.165, 1.54) is 18.6 Å². The van der Waals surface area contributed by atoms with E-state index in [1.54, 1.807) is 0 Å². The van der Waals surface area contributed by atoms with E-state index in [9.17, 15) is 13.6 Å². The molecular formula is C8H6F2N4O. The number of halogens is 2. The largest absolute Gasteiger partial charge is 0.288 e. The first-order valence-electron chi connectivity index (χ1n) is 4.05. The van der Waals surface area contributed by atoms with Crippen molar-refractivity contribution in [2.45, 2.75) is 6.43 Å². The lowest BCUT2D eigenvalue weighted by atomic mass is 10.5. The molecule has 2 heterocycles. The van der Waals surface area contributed by atoms with Gasteiger partial charge in [0.25, 0.3) is 12.0 Å². The Bertz CT molecular complexity index is 505. The summed E-state index contributed by atoms with van der Waals surface area (Å²) in [5.41, 5.74) is -1.01. The van der Waals surface area contributed by atoms with Crippen molar-refractivity contribution in [1.29, 1.82) is 0 Å². The molecule has 78 valence electrons. The van der Waals surface area contributed by atoms with Crippen molar-refractivity contribution in [2.75, 3.05) is 0 Å². The molecule has 0 unspecified atom stereocenters. The van der Waals surface area contributed by atoms with Gasteiger partial charge in [0.2, 0.25) is 0 Å². The van der Waals surface area contributed by atoms with Crippen LogP contribution in [-0.2, 0) is 0 Å². The molecule has 0 aliphatic heterocycles. The van der Waals surface area contributed by atoms with Crippen LogP contribution in [0.4, 0.5) is 8.78 Å². The molecule has 0 fully saturated rings. The molecule has 7 heteroatoms. The Hall–Kier alpha value is -2.05. The van der Waals surface area contributed by atoms with Crippen molar-refractivity contribution in [3.8, 4) is 5.82 Å². The maximum atomic E-state index is 12.3. The van der Waals surface area contributed by atoms with Crippen molar-refractivity contribution in [3.63, 3.8) is 0 Å². The van der Waals surface area contributed by atoms with Gasteiger partial charge in [0.05, 0.1) is 0 Å². The van der Waals surface area contributed by atoms with Crippen LogP contribution in [0, 0.1) is 0 Å². The van der Waals surface area contributed by atoms with Gasteiger partial charge in [-0.25, -0.2) is 23.4 Å². The third-order valence-electron chi connectivity index (χ3n) is 1.77. The lowest BCUT2D eigenvalue weighted by molar-refractivity contribution is 0.145. The van der Waals surface area contributed by atoms with Gasteiger partial charge in [0.1, 0.15) is 12.0 Å². The lowest BCUT2D eigenvalue weighted by Gasteiger charge is -1.98. The fraction of sp³-hybridized carbons (Fsp3) is 0.125. The van der Waals surface area contributed by atoms with Crippen LogP contribution in [-0.4, -0.2) is 19.7 Å². The predicted molar refractivity (Wildman–Crippen MR) is 46.9 cm³/mol. The van der Waals surface area contributed by atoms with Crippen molar-refractivity contribution in [1.82, 2.24) is 19.7 Å². The van der Waals surface area contributed by atoms with E-state index in [0.29, 0.717) is 0 Å². The van der Waals surface area contributed by atoms with Gasteiger partial charge in [-0.1, -0.05) is 0 Å². The number of aromatic amines is 1. The molecule has 15 heavy (non-hydrogen) atoms. The van der Waals surface area contributed by atoms with Gasteiger partial charge in [-0.3, -0.25) is 9.89 Å². The highest BCUT2D eigenvalue weighted by molar-refractivity contribution is 5.19. The number of nitrogens with one attached hydrogen (secondary N) is 1. The summed E-state index contributed by atoms with van der Waals surface area (Å²) in [5, 5.41) is 2.26. The summed E-state index contributed by atoms with van der Waals surface area (Å²) < 4.78 is 25.5. The molecule has 2 rings (SSSR count). The fourth-order valence-electron chi connectivity index (χ4n) is 1.11. The standard InChI is InChI=1S/C8H6F2N4O/c9-8(10)5-3-7(15)14(13-5)6-1-2-11-4-12-6/h1-4,8,13H. The molecule has 2 aromatic heterocycles. The molecule has 0 aliphatic carbocycles. The van der Waals surface area contributed by atoms with E-state index >= 15 is 0 Å². The van der Waals surface area contributed by atoms with Crippen LogP contribution in [0.15, 0.2) is 29.5 Å². The average molecular weight is 212 g/mol. The normalized spacial score (nSPS) is 10.9. The van der Waals surface area contributed by atoms with Gasteiger partial charge in [-0.05, 0) is 0 Å². The molecule has 2 aromatic rings. The van der Waals surface area contributed by atoms with Crippen LogP contribution in [0.2, 0.25) is 0 Å². The van der Waals surface area contributed by atoms with Gasteiger partial charge in [0, 0.05) is 18.3 Å². The van der Waals surface area contributed by atoms with Crippen LogP contribution in [0.1, 0.15) is 12.1 Å². The van der Waals surface area contributed by atoms with Gasteiger partial charge >= 0.3 is 0 Å². The van der Waals surface area contributed by atoms with Crippen LogP contribution >= 0.6 is 0 Å². The molecule has 0 aliphatic rings. The minimum atomic E-state index is -2.71. The monoisotopic (exact) mass is 212 g/mol. The number of hydrogen-bond donors (Lipinski definition) is 1. The highest BCUT2D eigenvalue weighted by Gasteiger charge is 2.13. The molecule has 0 spiro atoms. The Morgan fingerprint density at radius 2 is 2.27 bits per heavy atom. The zero-order valence-electron chi connectivity index (χ0n) is 7.39. The van der Waals surface area contributed by atoms with Crippen molar-refractivity contribution in [3.05, 3.63) is 40.7 Å². The van der Waals surface area contributed by atoms with Gasteiger partial charge in [-0.2, -0.15) is 0 Å². The topological polar surface area (TPSA) is 63.6 Å². The minimum absolute atomic E-state index is 0.224. The van der Waals surface area contributed by atoms with Gasteiger partial charge in [0.15, 0.2) is 5.82 Å². The maximum Gasteiger partial charge on any atom is 0.279 e. The lowest BCUT2D eigenvalue weighted by Crippen LogP contribution is -2.14. The van der Waals surface area contributed by atoms with Crippen LogP contribution in [0.25, 0.3) is 5.82 Å². The molecule has 5 nitrogen and oxygen atoms in total. The third-order valence-corrected chi connectivity index (χ3v) is 1.77. The van der Waals surface area contributed by atoms with E-state index in [2.05, 4.69) is 15.1 Å². The summed E-state index contributed by atoms with van der Waals surface area (Å²) >= 11 is 0. The summed E-state index contributed by atoms with van der Waals surface area (Å²) in [6, 6.07) is 2.28. The first-order valence-corrected chi connectivity index (χ1v) is 4.05. The Labute approximate surface area is 82.4 Å². The molecule has 0 aromatic carbocycles. The zero-order chi connectivity index (χ0) is 10.8. The van der Waals surface area contributed by atoms with Crippen molar-refractivity contribution >= 4 is 0 Å². The average Bonchev–Trinajstić information content (AvgIpc) is 2.62. The number of nitrogens with zero attached hydrogens (tertiary/aromatic N) is 3. The first kappa shape index (κ1) is 9.50. The highest BCUT2D eigenvalue weighted by Crippen LogP contribution is 2.14. The van der Waals surface area contributed by atoms with Crippen LogP contribution in [0.5, 0.6) is 0 Å². The molecule has 0 radical (unpaired) electrons. The highest BCUT2D eigenvalue weighted by atomic mass is 19.3. The van der Waals surface area contributed by atoms with E-state index in [-0.39, 0.29) is 5.82 Å². The Kier molecular flexibility index (Phi) is 2.28. The minimum Gasteiger partial charge on any atom is -0.288 e. The second-order valence-electron chi connectivity index (χ2n) is 2.75. The summed E-state index contributed by atoms with van der Waals surface area (Å²) in [5.74, 6) is 0.224. The SMILES string of the molecule is O=c1cc(C(F)F)[nH]n1-c1ccncn1.